The molecule has 76 valence electrons. The fraction of sp³-hybridized carbons (Fsp3) is 0.333. The van der Waals surface area contributed by atoms with E-state index in [1.807, 2.05) is 36.5 Å². The molecule has 0 aliphatic heterocycles. The summed E-state index contributed by atoms with van der Waals surface area (Å²) in [6, 6.07) is 3.91. The van der Waals surface area contributed by atoms with Gasteiger partial charge in [0.05, 0.1) is 0 Å². The van der Waals surface area contributed by atoms with Crippen molar-refractivity contribution >= 4 is 32.9 Å². The molecule has 0 saturated heterocycles. The molecule has 0 radical (unpaired) electrons. The molecule has 0 bridgehead atoms. The third kappa shape index (κ3) is 3.31. The van der Waals surface area contributed by atoms with E-state index < -0.39 is 0 Å². The molecule has 1 heterocycles. The summed E-state index contributed by atoms with van der Waals surface area (Å²) in [6.45, 7) is 0.722. The van der Waals surface area contributed by atoms with Crippen molar-refractivity contribution in [2.24, 2.45) is 0 Å². The number of halogens is 1. The molecule has 1 rings (SSSR count). The summed E-state index contributed by atoms with van der Waals surface area (Å²) >= 11 is 4.72. The molecule has 0 spiro atoms. The zero-order chi connectivity index (χ0) is 10.6. The Kier molecular flexibility index (Phi) is 4.41. The van der Waals surface area contributed by atoms with Gasteiger partial charge in [-0.2, -0.15) is 0 Å². The Balaban J connectivity index is 2.60. The number of nitrogens with zero attached hydrogens (tertiary/aromatic N) is 2. The highest BCUT2D eigenvalue weighted by Gasteiger charge is 2.03. The molecule has 1 aromatic rings. The lowest BCUT2D eigenvalue weighted by Gasteiger charge is -2.17. The lowest BCUT2D eigenvalue weighted by Crippen LogP contribution is -2.22. The van der Waals surface area contributed by atoms with E-state index in [1.54, 1.807) is 0 Å². The number of hydrogen-bond donors (Lipinski definition) is 1. The number of hydrogen-bond acceptors (Lipinski definition) is 3. The maximum Gasteiger partial charge on any atom is 0.156 e. The van der Waals surface area contributed by atoms with E-state index in [0.29, 0.717) is 5.17 Å². The molecule has 3 nitrogen and oxygen atoms in total. The van der Waals surface area contributed by atoms with Crippen LogP contribution in [0.1, 0.15) is 5.56 Å². The molecule has 14 heavy (non-hydrogen) atoms. The van der Waals surface area contributed by atoms with Gasteiger partial charge in [-0.05, 0) is 33.8 Å². The molecule has 1 aromatic heterocycles. The molecule has 1 N–H and O–H groups in total. The van der Waals surface area contributed by atoms with Crippen LogP contribution < -0.4 is 0 Å². The van der Waals surface area contributed by atoms with Gasteiger partial charge >= 0.3 is 0 Å². The number of rotatable bonds is 2. The highest BCUT2D eigenvalue weighted by Crippen LogP contribution is 2.10. The van der Waals surface area contributed by atoms with Crippen LogP contribution in [0.4, 0.5) is 0 Å². The van der Waals surface area contributed by atoms with Crippen LogP contribution in [-0.4, -0.2) is 28.4 Å². The van der Waals surface area contributed by atoms with Crippen molar-refractivity contribution in [1.29, 1.82) is 5.41 Å². The van der Waals surface area contributed by atoms with Gasteiger partial charge in [-0.25, -0.2) is 4.98 Å². The summed E-state index contributed by atoms with van der Waals surface area (Å²) in [7, 11) is 1.90. The van der Waals surface area contributed by atoms with E-state index in [4.69, 9.17) is 5.41 Å². The normalized spacial score (nSPS) is 9.93. The van der Waals surface area contributed by atoms with Crippen LogP contribution >= 0.6 is 27.7 Å². The average Bonchev–Trinajstić information content (AvgIpc) is 2.20. The number of aromatic nitrogens is 1. The minimum Gasteiger partial charge on any atom is -0.350 e. The van der Waals surface area contributed by atoms with Crippen molar-refractivity contribution < 1.29 is 0 Å². The van der Waals surface area contributed by atoms with Crippen LogP contribution in [0.3, 0.4) is 0 Å². The van der Waals surface area contributed by atoms with E-state index in [2.05, 4.69) is 20.9 Å². The fourth-order valence-electron chi connectivity index (χ4n) is 1.00. The van der Waals surface area contributed by atoms with Gasteiger partial charge in [0, 0.05) is 19.8 Å². The van der Waals surface area contributed by atoms with E-state index in [9.17, 15) is 0 Å². The zero-order valence-electron chi connectivity index (χ0n) is 8.12. The first-order valence-corrected chi connectivity index (χ1v) is 6.09. The zero-order valence-corrected chi connectivity index (χ0v) is 10.5. The van der Waals surface area contributed by atoms with Crippen molar-refractivity contribution in [2.75, 3.05) is 13.3 Å². The standard InChI is InChI=1S/C9H12BrN3S/c1-13(9(11)14-2)6-7-3-4-8(10)12-5-7/h3-5,11H,6H2,1-2H3. The summed E-state index contributed by atoms with van der Waals surface area (Å²) in [4.78, 5) is 6.01. The van der Waals surface area contributed by atoms with Crippen LogP contribution in [0, 0.1) is 5.41 Å². The van der Waals surface area contributed by atoms with E-state index in [1.165, 1.54) is 11.8 Å². The summed E-state index contributed by atoms with van der Waals surface area (Å²) in [5.74, 6) is 0. The van der Waals surface area contributed by atoms with Gasteiger partial charge in [0.15, 0.2) is 5.17 Å². The maximum atomic E-state index is 7.59. The highest BCUT2D eigenvalue weighted by molar-refractivity contribution is 9.10. The maximum absolute atomic E-state index is 7.59. The Labute approximate surface area is 96.5 Å². The number of amidine groups is 1. The Morgan fingerprint density at radius 3 is 2.86 bits per heavy atom. The van der Waals surface area contributed by atoms with Gasteiger partial charge in [0.25, 0.3) is 0 Å². The summed E-state index contributed by atoms with van der Waals surface area (Å²) in [6.07, 6.45) is 3.72. The van der Waals surface area contributed by atoms with Crippen LogP contribution in [0.15, 0.2) is 22.9 Å². The Morgan fingerprint density at radius 1 is 1.64 bits per heavy atom. The van der Waals surface area contributed by atoms with Crippen molar-refractivity contribution in [3.05, 3.63) is 28.5 Å². The molecule has 0 aliphatic carbocycles. The first-order valence-electron chi connectivity index (χ1n) is 4.07. The predicted octanol–water partition coefficient (Wildman–Crippen LogP) is 2.57. The Bertz CT molecular complexity index is 312. The van der Waals surface area contributed by atoms with E-state index in [-0.39, 0.29) is 0 Å². The van der Waals surface area contributed by atoms with E-state index >= 15 is 0 Å². The second-order valence-corrected chi connectivity index (χ2v) is 4.46. The van der Waals surface area contributed by atoms with Crippen molar-refractivity contribution in [1.82, 2.24) is 9.88 Å². The summed E-state index contributed by atoms with van der Waals surface area (Å²) < 4.78 is 0.837. The summed E-state index contributed by atoms with van der Waals surface area (Å²) in [5.41, 5.74) is 1.11. The van der Waals surface area contributed by atoms with Crippen LogP contribution in [-0.2, 0) is 6.54 Å². The second-order valence-electron chi connectivity index (χ2n) is 2.85. The van der Waals surface area contributed by atoms with Gasteiger partial charge in [-0.1, -0.05) is 17.8 Å². The summed E-state index contributed by atoms with van der Waals surface area (Å²) in [5, 5.41) is 8.16. The van der Waals surface area contributed by atoms with Crippen LogP contribution in [0.25, 0.3) is 0 Å². The first-order chi connectivity index (χ1) is 6.63. The van der Waals surface area contributed by atoms with Crippen molar-refractivity contribution in [2.45, 2.75) is 6.54 Å². The highest BCUT2D eigenvalue weighted by atomic mass is 79.9. The van der Waals surface area contributed by atoms with Gasteiger partial charge < -0.3 is 4.90 Å². The molecule has 5 heteroatoms. The molecule has 0 atom stereocenters. The smallest absolute Gasteiger partial charge is 0.156 e. The average molecular weight is 274 g/mol. The quantitative estimate of drug-likeness (QED) is 0.512. The first kappa shape index (κ1) is 11.5. The number of nitrogens with one attached hydrogen (secondary N) is 1. The third-order valence-electron chi connectivity index (χ3n) is 1.75. The minimum absolute atomic E-state index is 0.563. The van der Waals surface area contributed by atoms with Crippen LogP contribution in [0.2, 0.25) is 0 Å². The molecule has 0 aliphatic rings. The molecular weight excluding hydrogens is 262 g/mol. The fourth-order valence-corrected chi connectivity index (χ4v) is 1.61. The Hall–Kier alpha value is -0.550. The topological polar surface area (TPSA) is 40.0 Å². The molecule has 0 saturated carbocycles. The lowest BCUT2D eigenvalue weighted by molar-refractivity contribution is 0.507. The SMILES string of the molecule is CSC(=N)N(C)Cc1ccc(Br)nc1. The number of thioether (sulfide) groups is 1. The van der Waals surface area contributed by atoms with Gasteiger partial charge in [-0.3, -0.25) is 5.41 Å². The predicted molar refractivity (Wildman–Crippen MR) is 64.6 cm³/mol. The molecule has 0 unspecified atom stereocenters. The van der Waals surface area contributed by atoms with Crippen molar-refractivity contribution in [3.8, 4) is 0 Å². The molecule has 0 aromatic carbocycles. The molecular formula is C9H12BrN3S. The monoisotopic (exact) mass is 273 g/mol. The second kappa shape index (κ2) is 5.36. The van der Waals surface area contributed by atoms with Gasteiger partial charge in [-0.15, -0.1) is 0 Å². The Morgan fingerprint density at radius 2 is 2.36 bits per heavy atom. The van der Waals surface area contributed by atoms with E-state index in [0.717, 1.165) is 16.7 Å². The number of pyridine rings is 1. The molecule has 0 fully saturated rings. The molecule has 0 amide bonds. The lowest BCUT2D eigenvalue weighted by atomic mass is 10.3. The van der Waals surface area contributed by atoms with Gasteiger partial charge in [0.1, 0.15) is 4.60 Å². The van der Waals surface area contributed by atoms with Crippen molar-refractivity contribution in [3.63, 3.8) is 0 Å². The van der Waals surface area contributed by atoms with Crippen LogP contribution in [0.5, 0.6) is 0 Å². The third-order valence-corrected chi connectivity index (χ3v) is 2.92. The largest absolute Gasteiger partial charge is 0.350 e. The minimum atomic E-state index is 0.563. The van der Waals surface area contributed by atoms with Gasteiger partial charge in [0.2, 0.25) is 0 Å².